The van der Waals surface area contributed by atoms with Gasteiger partial charge < -0.3 is 19.8 Å². The number of carbonyl (C=O) groups excluding carboxylic acids is 1. The molecular formula is C12H19N3O3. The van der Waals surface area contributed by atoms with Gasteiger partial charge >= 0.3 is 0 Å². The van der Waals surface area contributed by atoms with Crippen molar-refractivity contribution < 1.29 is 13.9 Å². The van der Waals surface area contributed by atoms with E-state index in [9.17, 15) is 4.79 Å². The maximum absolute atomic E-state index is 11.8. The molecule has 6 heteroatoms. The summed E-state index contributed by atoms with van der Waals surface area (Å²) in [7, 11) is 0. The molecule has 0 bridgehead atoms. The van der Waals surface area contributed by atoms with Crippen molar-refractivity contribution in [2.75, 3.05) is 19.7 Å². The summed E-state index contributed by atoms with van der Waals surface area (Å²) >= 11 is 0. The third-order valence-corrected chi connectivity index (χ3v) is 2.80. The van der Waals surface area contributed by atoms with Crippen LogP contribution in [0.3, 0.4) is 0 Å². The van der Waals surface area contributed by atoms with E-state index in [0.29, 0.717) is 18.9 Å². The van der Waals surface area contributed by atoms with Crippen molar-refractivity contribution in [1.82, 2.24) is 15.6 Å². The Bertz CT molecular complexity index is 399. The van der Waals surface area contributed by atoms with Crippen molar-refractivity contribution in [3.05, 3.63) is 17.8 Å². The van der Waals surface area contributed by atoms with Crippen LogP contribution in [0.25, 0.3) is 0 Å². The molecule has 1 saturated heterocycles. The first-order chi connectivity index (χ1) is 8.65. The average Bonchev–Trinajstić information content (AvgIpc) is 2.77. The van der Waals surface area contributed by atoms with Crippen LogP contribution in [-0.4, -0.2) is 36.7 Å². The number of aromatic nitrogens is 1. The van der Waals surface area contributed by atoms with E-state index in [1.807, 2.05) is 13.8 Å². The van der Waals surface area contributed by atoms with Gasteiger partial charge in [-0.15, -0.1) is 0 Å². The van der Waals surface area contributed by atoms with Crippen molar-refractivity contribution >= 4 is 5.91 Å². The lowest BCUT2D eigenvalue weighted by atomic mass is 10.2. The molecule has 1 amide bonds. The molecule has 1 aliphatic heterocycles. The van der Waals surface area contributed by atoms with E-state index in [1.165, 1.54) is 0 Å². The second-order valence-electron chi connectivity index (χ2n) is 4.50. The molecule has 1 aromatic heterocycles. The van der Waals surface area contributed by atoms with Crippen LogP contribution in [0.2, 0.25) is 0 Å². The molecular weight excluding hydrogens is 234 g/mol. The average molecular weight is 253 g/mol. The number of hydrogen-bond acceptors (Lipinski definition) is 5. The van der Waals surface area contributed by atoms with Gasteiger partial charge in [-0.05, 0) is 13.8 Å². The highest BCUT2D eigenvalue weighted by Gasteiger charge is 2.20. The molecule has 100 valence electrons. The first kappa shape index (κ1) is 13.0. The summed E-state index contributed by atoms with van der Waals surface area (Å²) in [6, 6.07) is -0.220. The van der Waals surface area contributed by atoms with E-state index >= 15 is 0 Å². The second-order valence-corrected chi connectivity index (χ2v) is 4.50. The highest BCUT2D eigenvalue weighted by Crippen LogP contribution is 2.12. The van der Waals surface area contributed by atoms with Crippen molar-refractivity contribution in [1.29, 1.82) is 0 Å². The molecule has 2 rings (SSSR count). The summed E-state index contributed by atoms with van der Waals surface area (Å²) in [6.07, 6.45) is 1.96. The van der Waals surface area contributed by atoms with Gasteiger partial charge in [0, 0.05) is 13.1 Å². The molecule has 2 N–H and O–H groups in total. The molecule has 2 unspecified atom stereocenters. The van der Waals surface area contributed by atoms with Crippen LogP contribution in [-0.2, 0) is 9.53 Å². The van der Waals surface area contributed by atoms with E-state index < -0.39 is 0 Å². The van der Waals surface area contributed by atoms with Crippen LogP contribution in [0.4, 0.5) is 0 Å². The molecule has 2 atom stereocenters. The minimum Gasteiger partial charge on any atom is -0.444 e. The van der Waals surface area contributed by atoms with Crippen molar-refractivity contribution in [2.45, 2.75) is 32.4 Å². The quantitative estimate of drug-likeness (QED) is 0.819. The normalized spacial score (nSPS) is 21.6. The van der Waals surface area contributed by atoms with Crippen LogP contribution in [0.15, 0.2) is 10.6 Å². The minimum absolute atomic E-state index is 0.0442. The van der Waals surface area contributed by atoms with Gasteiger partial charge in [-0.25, -0.2) is 4.98 Å². The number of aryl methyl sites for hydroxylation is 1. The number of nitrogens with zero attached hydrogens (tertiary/aromatic N) is 1. The van der Waals surface area contributed by atoms with Gasteiger partial charge in [0.1, 0.15) is 11.8 Å². The SMILES string of the molecule is Cc1cnc(C(C)NC(=O)CC2CNCCO2)o1. The number of morpholine rings is 1. The Morgan fingerprint density at radius 1 is 1.72 bits per heavy atom. The highest BCUT2D eigenvalue weighted by atomic mass is 16.5. The number of amides is 1. The van der Waals surface area contributed by atoms with Gasteiger partial charge in [0.15, 0.2) is 0 Å². The predicted octanol–water partition coefficient (Wildman–Crippen LogP) is 0.539. The van der Waals surface area contributed by atoms with E-state index in [2.05, 4.69) is 15.6 Å². The van der Waals surface area contributed by atoms with Crippen LogP contribution in [0.1, 0.15) is 31.0 Å². The molecule has 1 aliphatic rings. The van der Waals surface area contributed by atoms with Gasteiger partial charge in [-0.2, -0.15) is 0 Å². The Balaban J connectivity index is 1.79. The van der Waals surface area contributed by atoms with E-state index in [0.717, 1.165) is 18.8 Å². The van der Waals surface area contributed by atoms with Crippen molar-refractivity contribution in [3.8, 4) is 0 Å². The van der Waals surface area contributed by atoms with E-state index in [4.69, 9.17) is 9.15 Å². The molecule has 0 radical (unpaired) electrons. The molecule has 0 aliphatic carbocycles. The Morgan fingerprint density at radius 3 is 3.17 bits per heavy atom. The van der Waals surface area contributed by atoms with E-state index in [-0.39, 0.29) is 18.1 Å². The fourth-order valence-corrected chi connectivity index (χ4v) is 1.89. The topological polar surface area (TPSA) is 76.4 Å². The number of ether oxygens (including phenoxy) is 1. The summed E-state index contributed by atoms with van der Waals surface area (Å²) < 4.78 is 10.8. The monoisotopic (exact) mass is 253 g/mol. The summed E-state index contributed by atoms with van der Waals surface area (Å²) in [5.41, 5.74) is 0. The van der Waals surface area contributed by atoms with Crippen molar-refractivity contribution in [3.63, 3.8) is 0 Å². The fourth-order valence-electron chi connectivity index (χ4n) is 1.89. The standard InChI is InChI=1S/C12H19N3O3/c1-8-6-14-12(18-8)9(2)15-11(16)5-10-7-13-3-4-17-10/h6,9-10,13H,3-5,7H2,1-2H3,(H,15,16). The zero-order chi connectivity index (χ0) is 13.0. The first-order valence-corrected chi connectivity index (χ1v) is 6.19. The number of carbonyl (C=O) groups is 1. The third kappa shape index (κ3) is 3.54. The van der Waals surface area contributed by atoms with Gasteiger partial charge in [0.05, 0.1) is 25.3 Å². The lowest BCUT2D eigenvalue weighted by molar-refractivity contribution is -0.125. The van der Waals surface area contributed by atoms with Crippen LogP contribution in [0.5, 0.6) is 0 Å². The van der Waals surface area contributed by atoms with Crippen molar-refractivity contribution in [2.24, 2.45) is 0 Å². The maximum atomic E-state index is 11.8. The van der Waals surface area contributed by atoms with Gasteiger partial charge in [0.2, 0.25) is 11.8 Å². The summed E-state index contributed by atoms with van der Waals surface area (Å²) in [5, 5.41) is 6.05. The largest absolute Gasteiger partial charge is 0.444 e. The predicted molar refractivity (Wildman–Crippen MR) is 65.0 cm³/mol. The summed E-state index contributed by atoms with van der Waals surface area (Å²) in [6.45, 7) is 5.91. The van der Waals surface area contributed by atoms with Crippen LogP contribution >= 0.6 is 0 Å². The summed E-state index contributed by atoms with van der Waals surface area (Å²) in [4.78, 5) is 15.9. The summed E-state index contributed by atoms with van der Waals surface area (Å²) in [5.74, 6) is 1.22. The zero-order valence-electron chi connectivity index (χ0n) is 10.7. The smallest absolute Gasteiger partial charge is 0.223 e. The molecule has 1 fully saturated rings. The molecule has 0 saturated carbocycles. The lowest BCUT2D eigenvalue weighted by Gasteiger charge is -2.23. The van der Waals surface area contributed by atoms with Gasteiger partial charge in [-0.1, -0.05) is 0 Å². The minimum atomic E-state index is -0.220. The highest BCUT2D eigenvalue weighted by molar-refractivity contribution is 5.76. The van der Waals surface area contributed by atoms with Crippen LogP contribution in [0, 0.1) is 6.92 Å². The van der Waals surface area contributed by atoms with Gasteiger partial charge in [-0.3, -0.25) is 4.79 Å². The number of rotatable bonds is 4. The van der Waals surface area contributed by atoms with Crippen LogP contribution < -0.4 is 10.6 Å². The molecule has 1 aromatic rings. The Hall–Kier alpha value is -1.40. The number of nitrogens with one attached hydrogen (secondary N) is 2. The van der Waals surface area contributed by atoms with Gasteiger partial charge in [0.25, 0.3) is 0 Å². The number of hydrogen-bond donors (Lipinski definition) is 2. The lowest BCUT2D eigenvalue weighted by Crippen LogP contribution is -2.41. The zero-order valence-corrected chi connectivity index (χ0v) is 10.7. The Kier molecular flexibility index (Phi) is 4.33. The molecule has 6 nitrogen and oxygen atoms in total. The molecule has 18 heavy (non-hydrogen) atoms. The molecule has 2 heterocycles. The van der Waals surface area contributed by atoms with E-state index in [1.54, 1.807) is 6.20 Å². The third-order valence-electron chi connectivity index (χ3n) is 2.80. The molecule has 0 aromatic carbocycles. The second kappa shape index (κ2) is 5.97. The first-order valence-electron chi connectivity index (χ1n) is 6.19. The Morgan fingerprint density at radius 2 is 2.56 bits per heavy atom. The molecule has 0 spiro atoms. The number of oxazole rings is 1. The fraction of sp³-hybridized carbons (Fsp3) is 0.667. The maximum Gasteiger partial charge on any atom is 0.223 e. The Labute approximate surface area is 106 Å².